The molecule has 2 rings (SSSR count). The van der Waals surface area contributed by atoms with Gasteiger partial charge in [0.15, 0.2) is 0 Å². The highest BCUT2D eigenvalue weighted by Gasteiger charge is 2.13. The van der Waals surface area contributed by atoms with Crippen LogP contribution in [0.2, 0.25) is 0 Å². The molecule has 1 aromatic carbocycles. The van der Waals surface area contributed by atoms with Gasteiger partial charge in [-0.15, -0.1) is 0 Å². The smallest absolute Gasteiger partial charge is 0.131 e. The Hall–Kier alpha value is -2.10. The number of aromatic nitrogens is 2. The Morgan fingerprint density at radius 2 is 1.90 bits per heavy atom. The topological polar surface area (TPSA) is 47.0 Å². The van der Waals surface area contributed by atoms with Crippen molar-refractivity contribution in [2.75, 3.05) is 19.5 Å². The molecule has 0 fully saturated rings. The Morgan fingerprint density at radius 3 is 2.50 bits per heavy atom. The summed E-state index contributed by atoms with van der Waals surface area (Å²) in [5.41, 5.74) is 4.27. The summed E-state index contributed by atoms with van der Waals surface area (Å²) in [6.45, 7) is 6.20. The molecule has 1 N–H and O–H groups in total. The molecule has 0 amide bonds. The molecule has 106 valence electrons. The fraction of sp³-hybridized carbons (Fsp3) is 0.375. The molecule has 4 heteroatoms. The van der Waals surface area contributed by atoms with E-state index in [0.717, 1.165) is 40.6 Å². The number of rotatable bonds is 4. The SMILES string of the molecule is CCc1nc(NC)cc(-c2c(C)cc(C)cc2OC)n1. The maximum atomic E-state index is 5.53. The van der Waals surface area contributed by atoms with Crippen molar-refractivity contribution in [3.05, 3.63) is 35.2 Å². The normalized spacial score (nSPS) is 10.4. The van der Waals surface area contributed by atoms with Gasteiger partial charge in [-0.25, -0.2) is 9.97 Å². The van der Waals surface area contributed by atoms with Gasteiger partial charge in [0.25, 0.3) is 0 Å². The molecule has 0 saturated heterocycles. The van der Waals surface area contributed by atoms with Crippen LogP contribution in [-0.4, -0.2) is 24.1 Å². The molecule has 2 aromatic rings. The monoisotopic (exact) mass is 271 g/mol. The maximum Gasteiger partial charge on any atom is 0.131 e. The minimum absolute atomic E-state index is 0.801. The van der Waals surface area contributed by atoms with Crippen LogP contribution in [0.3, 0.4) is 0 Å². The first kappa shape index (κ1) is 14.3. The zero-order valence-electron chi connectivity index (χ0n) is 12.7. The number of aryl methyl sites for hydroxylation is 3. The van der Waals surface area contributed by atoms with Crippen molar-refractivity contribution in [1.29, 1.82) is 0 Å². The minimum atomic E-state index is 0.801. The summed E-state index contributed by atoms with van der Waals surface area (Å²) < 4.78 is 5.53. The second-order valence-electron chi connectivity index (χ2n) is 4.82. The number of hydrogen-bond donors (Lipinski definition) is 1. The van der Waals surface area contributed by atoms with E-state index in [4.69, 9.17) is 4.74 Å². The van der Waals surface area contributed by atoms with Crippen LogP contribution in [0.5, 0.6) is 5.75 Å². The van der Waals surface area contributed by atoms with Crippen molar-refractivity contribution >= 4 is 5.82 Å². The average molecular weight is 271 g/mol. The first-order chi connectivity index (χ1) is 9.58. The summed E-state index contributed by atoms with van der Waals surface area (Å²) >= 11 is 0. The quantitative estimate of drug-likeness (QED) is 0.926. The van der Waals surface area contributed by atoms with E-state index in [-0.39, 0.29) is 0 Å². The van der Waals surface area contributed by atoms with Gasteiger partial charge in [0, 0.05) is 25.1 Å². The van der Waals surface area contributed by atoms with Crippen molar-refractivity contribution < 1.29 is 4.74 Å². The highest BCUT2D eigenvalue weighted by molar-refractivity contribution is 5.73. The summed E-state index contributed by atoms with van der Waals surface area (Å²) in [5, 5.41) is 3.09. The molecule has 20 heavy (non-hydrogen) atoms. The Labute approximate surface area is 120 Å². The van der Waals surface area contributed by atoms with E-state index in [0.29, 0.717) is 0 Å². The molecule has 0 spiro atoms. The molecular formula is C16H21N3O. The Kier molecular flexibility index (Phi) is 4.23. The van der Waals surface area contributed by atoms with Gasteiger partial charge in [-0.2, -0.15) is 0 Å². The molecule has 0 radical (unpaired) electrons. The average Bonchev–Trinajstić information content (AvgIpc) is 2.45. The molecule has 0 aliphatic rings. The summed E-state index contributed by atoms with van der Waals surface area (Å²) in [4.78, 5) is 9.07. The Balaban J connectivity index is 2.67. The Morgan fingerprint density at radius 1 is 1.15 bits per heavy atom. The second kappa shape index (κ2) is 5.90. The molecule has 1 heterocycles. The van der Waals surface area contributed by atoms with Crippen LogP contribution in [0.4, 0.5) is 5.82 Å². The largest absolute Gasteiger partial charge is 0.496 e. The van der Waals surface area contributed by atoms with E-state index >= 15 is 0 Å². The third-order valence-electron chi connectivity index (χ3n) is 3.26. The van der Waals surface area contributed by atoms with E-state index in [1.807, 2.05) is 19.2 Å². The zero-order chi connectivity index (χ0) is 14.7. The molecule has 0 aliphatic heterocycles. The van der Waals surface area contributed by atoms with Gasteiger partial charge < -0.3 is 10.1 Å². The van der Waals surface area contributed by atoms with Gasteiger partial charge in [-0.05, 0) is 31.0 Å². The molecule has 0 unspecified atom stereocenters. The van der Waals surface area contributed by atoms with Gasteiger partial charge in [-0.1, -0.05) is 13.0 Å². The first-order valence-corrected chi connectivity index (χ1v) is 6.80. The fourth-order valence-corrected chi connectivity index (χ4v) is 2.33. The molecule has 0 bridgehead atoms. The molecule has 4 nitrogen and oxygen atoms in total. The lowest BCUT2D eigenvalue weighted by Crippen LogP contribution is -2.02. The summed E-state index contributed by atoms with van der Waals surface area (Å²) in [6, 6.07) is 6.14. The van der Waals surface area contributed by atoms with Crippen LogP contribution >= 0.6 is 0 Å². The minimum Gasteiger partial charge on any atom is -0.496 e. The van der Waals surface area contributed by atoms with E-state index in [2.05, 4.69) is 42.1 Å². The van der Waals surface area contributed by atoms with Crippen LogP contribution in [0, 0.1) is 13.8 Å². The van der Waals surface area contributed by atoms with Crippen LogP contribution in [0.25, 0.3) is 11.3 Å². The lowest BCUT2D eigenvalue weighted by molar-refractivity contribution is 0.415. The second-order valence-corrected chi connectivity index (χ2v) is 4.82. The fourth-order valence-electron chi connectivity index (χ4n) is 2.33. The summed E-state index contributed by atoms with van der Waals surface area (Å²) in [5.74, 6) is 2.51. The maximum absolute atomic E-state index is 5.53. The van der Waals surface area contributed by atoms with E-state index < -0.39 is 0 Å². The van der Waals surface area contributed by atoms with Gasteiger partial charge >= 0.3 is 0 Å². The molecule has 0 atom stereocenters. The lowest BCUT2D eigenvalue weighted by Gasteiger charge is -2.14. The third-order valence-corrected chi connectivity index (χ3v) is 3.26. The van der Waals surface area contributed by atoms with Crippen LogP contribution in [0.1, 0.15) is 23.9 Å². The Bertz CT molecular complexity index is 601. The number of methoxy groups -OCH3 is 1. The summed E-state index contributed by atoms with van der Waals surface area (Å²) in [7, 11) is 3.56. The van der Waals surface area contributed by atoms with Crippen LogP contribution in [0.15, 0.2) is 18.2 Å². The highest BCUT2D eigenvalue weighted by atomic mass is 16.5. The van der Waals surface area contributed by atoms with Crippen molar-refractivity contribution in [1.82, 2.24) is 9.97 Å². The highest BCUT2D eigenvalue weighted by Crippen LogP contribution is 2.34. The van der Waals surface area contributed by atoms with Crippen molar-refractivity contribution in [2.45, 2.75) is 27.2 Å². The van der Waals surface area contributed by atoms with E-state index in [9.17, 15) is 0 Å². The molecule has 0 saturated carbocycles. The zero-order valence-corrected chi connectivity index (χ0v) is 12.7. The standard InChI is InChI=1S/C16H21N3O/c1-6-14-18-12(9-15(17-4)19-14)16-11(3)7-10(2)8-13(16)20-5/h7-9H,6H2,1-5H3,(H,17,18,19). The van der Waals surface area contributed by atoms with E-state index in [1.54, 1.807) is 7.11 Å². The number of anilines is 1. The van der Waals surface area contributed by atoms with Gasteiger partial charge in [-0.3, -0.25) is 0 Å². The number of hydrogen-bond acceptors (Lipinski definition) is 4. The van der Waals surface area contributed by atoms with Crippen molar-refractivity contribution in [2.24, 2.45) is 0 Å². The number of nitrogens with zero attached hydrogens (tertiary/aromatic N) is 2. The number of benzene rings is 1. The molecule has 1 aromatic heterocycles. The van der Waals surface area contributed by atoms with Crippen LogP contribution in [-0.2, 0) is 6.42 Å². The van der Waals surface area contributed by atoms with Crippen molar-refractivity contribution in [3.8, 4) is 17.0 Å². The van der Waals surface area contributed by atoms with Gasteiger partial charge in [0.05, 0.1) is 12.8 Å². The predicted molar refractivity (Wildman–Crippen MR) is 82.4 cm³/mol. The lowest BCUT2D eigenvalue weighted by atomic mass is 10.0. The van der Waals surface area contributed by atoms with Crippen LogP contribution < -0.4 is 10.1 Å². The van der Waals surface area contributed by atoms with Crippen molar-refractivity contribution in [3.63, 3.8) is 0 Å². The van der Waals surface area contributed by atoms with Gasteiger partial charge in [0.2, 0.25) is 0 Å². The third kappa shape index (κ3) is 2.74. The molecular weight excluding hydrogens is 250 g/mol. The predicted octanol–water partition coefficient (Wildman–Crippen LogP) is 3.37. The first-order valence-electron chi connectivity index (χ1n) is 6.80. The number of nitrogens with one attached hydrogen (secondary N) is 1. The summed E-state index contributed by atoms with van der Waals surface area (Å²) in [6.07, 6.45) is 0.801. The van der Waals surface area contributed by atoms with Gasteiger partial charge in [0.1, 0.15) is 17.4 Å². The number of ether oxygens (including phenoxy) is 1. The van der Waals surface area contributed by atoms with E-state index in [1.165, 1.54) is 5.56 Å². The molecule has 0 aliphatic carbocycles.